The van der Waals surface area contributed by atoms with Crippen LogP contribution in [0.15, 0.2) is 140 Å². The van der Waals surface area contributed by atoms with Crippen molar-refractivity contribution in [1.82, 2.24) is 0 Å². The summed E-state index contributed by atoms with van der Waals surface area (Å²) in [7, 11) is -0.803. The van der Waals surface area contributed by atoms with Gasteiger partial charge < -0.3 is 33.2 Å². The van der Waals surface area contributed by atoms with E-state index in [2.05, 4.69) is 0 Å². The fourth-order valence-electron chi connectivity index (χ4n) is 6.79. The molecule has 6 atom stereocenters. The first-order valence-corrected chi connectivity index (χ1v) is 20.4. The normalized spacial score (nSPS) is 21.1. The molecule has 0 amide bonds. The molecule has 0 heterocycles. The lowest BCUT2D eigenvalue weighted by atomic mass is 9.78. The molecule has 5 aromatic rings. The molecule has 0 spiro atoms. The van der Waals surface area contributed by atoms with Gasteiger partial charge in [0.1, 0.15) is 35.9 Å². The number of hydrogen-bond acceptors (Lipinski definition) is 10. The Morgan fingerprint density at radius 2 is 0.768 bits per heavy atom. The fourth-order valence-corrected chi connectivity index (χ4v) is 7.44. The molecule has 5 aromatic carbocycles. The van der Waals surface area contributed by atoms with Gasteiger partial charge in [-0.05, 0) is 52.1 Å². The topological polar surface area (TPSA) is 108 Å². The van der Waals surface area contributed by atoms with Crippen molar-refractivity contribution in [3.63, 3.8) is 0 Å². The van der Waals surface area contributed by atoms with Crippen molar-refractivity contribution in [2.45, 2.75) is 63.6 Å². The summed E-state index contributed by atoms with van der Waals surface area (Å²) in [5.74, 6) is 0.744. The van der Waals surface area contributed by atoms with Crippen LogP contribution in [0.4, 0.5) is 0 Å². The number of ether oxygens (including phenoxy) is 7. The minimum Gasteiger partial charge on any atom is -0.497 e. The van der Waals surface area contributed by atoms with E-state index in [1.807, 2.05) is 140 Å². The number of rotatable bonds is 20. The molecule has 1 aliphatic carbocycles. The van der Waals surface area contributed by atoms with Crippen LogP contribution < -0.4 is 9.47 Å². The summed E-state index contributed by atoms with van der Waals surface area (Å²) in [6.07, 6.45) is -3.38. The van der Waals surface area contributed by atoms with Gasteiger partial charge in [-0.1, -0.05) is 115 Å². The summed E-state index contributed by atoms with van der Waals surface area (Å²) in [6.45, 7) is 1.11. The third kappa shape index (κ3) is 12.0. The second-order valence-corrected chi connectivity index (χ2v) is 15.3. The van der Waals surface area contributed by atoms with E-state index in [4.69, 9.17) is 37.3 Å². The minimum atomic E-state index is -4.04. The van der Waals surface area contributed by atoms with Crippen molar-refractivity contribution in [3.05, 3.63) is 167 Å². The monoisotopic (exact) mass is 782 g/mol. The Morgan fingerprint density at radius 1 is 0.429 bits per heavy atom. The summed E-state index contributed by atoms with van der Waals surface area (Å²) in [6, 6.07) is 44.5. The Morgan fingerprint density at radius 3 is 1.16 bits per heavy atom. The lowest BCUT2D eigenvalue weighted by Crippen LogP contribution is -2.65. The maximum absolute atomic E-state index is 13.2. The molecular formula is C45H50O10S. The van der Waals surface area contributed by atoms with E-state index in [1.54, 1.807) is 14.2 Å². The van der Waals surface area contributed by atoms with Crippen molar-refractivity contribution in [2.24, 2.45) is 5.92 Å². The predicted molar refractivity (Wildman–Crippen MR) is 212 cm³/mol. The lowest BCUT2D eigenvalue weighted by molar-refractivity contribution is -0.262. The Hall–Kier alpha value is -4.59. The van der Waals surface area contributed by atoms with Crippen LogP contribution in [-0.4, -0.2) is 66.0 Å². The minimum absolute atomic E-state index is 0.0741. The molecular weight excluding hydrogens is 733 g/mol. The van der Waals surface area contributed by atoms with Crippen LogP contribution in [0.5, 0.6) is 11.5 Å². The molecule has 0 aromatic heterocycles. The third-order valence-electron chi connectivity index (χ3n) is 9.62. The van der Waals surface area contributed by atoms with Crippen LogP contribution in [0.3, 0.4) is 0 Å². The Balaban J connectivity index is 1.42. The average Bonchev–Trinajstić information content (AvgIpc) is 3.23. The zero-order valence-corrected chi connectivity index (χ0v) is 32.8. The molecule has 1 fully saturated rings. The van der Waals surface area contributed by atoms with Crippen molar-refractivity contribution < 1.29 is 45.8 Å². The van der Waals surface area contributed by atoms with E-state index in [0.717, 1.165) is 39.8 Å². The highest BCUT2D eigenvalue weighted by Gasteiger charge is 2.55. The molecule has 0 unspecified atom stereocenters. The van der Waals surface area contributed by atoms with Gasteiger partial charge >= 0.3 is 0 Å². The van der Waals surface area contributed by atoms with Crippen LogP contribution in [0, 0.1) is 5.92 Å². The van der Waals surface area contributed by atoms with E-state index in [9.17, 15) is 8.42 Å². The first kappa shape index (κ1) is 41.1. The van der Waals surface area contributed by atoms with E-state index in [-0.39, 0.29) is 39.6 Å². The van der Waals surface area contributed by atoms with Crippen LogP contribution in [0.1, 0.15) is 27.8 Å². The van der Waals surface area contributed by atoms with Crippen molar-refractivity contribution in [3.8, 4) is 11.5 Å². The SMILES string of the molecule is COc1ccc(CO[C@@H]2[C@@H](OCc3ccccc3)[C@H](OCc3ccc(OC)cc3)[C@@H](OS(C)(=O)=O)[C@H](COCc3ccccc3)[C@H]2OCc2ccccc2)cc1. The highest BCUT2D eigenvalue weighted by Crippen LogP contribution is 2.39. The highest BCUT2D eigenvalue weighted by atomic mass is 32.2. The molecule has 10 nitrogen and oxygen atoms in total. The second-order valence-electron chi connectivity index (χ2n) is 13.7. The molecule has 56 heavy (non-hydrogen) atoms. The van der Waals surface area contributed by atoms with Gasteiger partial charge in [0.25, 0.3) is 10.1 Å². The van der Waals surface area contributed by atoms with Gasteiger partial charge in [-0.3, -0.25) is 4.18 Å². The molecule has 296 valence electrons. The highest BCUT2D eigenvalue weighted by molar-refractivity contribution is 7.86. The summed E-state index contributed by atoms with van der Waals surface area (Å²) in [5, 5.41) is 0. The van der Waals surface area contributed by atoms with Gasteiger partial charge in [-0.2, -0.15) is 8.42 Å². The Bertz CT molecular complexity index is 1980. The van der Waals surface area contributed by atoms with E-state index < -0.39 is 46.6 Å². The fraction of sp³-hybridized carbons (Fsp3) is 0.333. The zero-order chi connectivity index (χ0) is 39.2. The Kier molecular flexibility index (Phi) is 15.1. The molecule has 0 bridgehead atoms. The summed E-state index contributed by atoms with van der Waals surface area (Å²) < 4.78 is 76.9. The molecule has 0 aliphatic heterocycles. The standard InChI is InChI=1S/C45H50O10S/c1-48-38-23-19-36(20-24-38)30-52-43-41(51-28-34-15-9-5-10-16-34)40(32-50-27-33-13-7-4-8-14-33)42(55-56(3,46)47)44(45(43)54-29-35-17-11-6-12-18-35)53-31-37-21-25-39(49-2)26-22-37/h4-26,40-45H,27-32H2,1-3H3/t40-,41-,42+,43+,44-,45-/m1/s1. The molecule has 0 radical (unpaired) electrons. The molecule has 1 saturated carbocycles. The van der Waals surface area contributed by atoms with Crippen molar-refractivity contribution in [2.75, 3.05) is 27.1 Å². The number of benzene rings is 5. The Labute approximate surface area is 330 Å². The van der Waals surface area contributed by atoms with Gasteiger partial charge in [0.05, 0.1) is 66.2 Å². The van der Waals surface area contributed by atoms with E-state index in [1.165, 1.54) is 0 Å². The third-order valence-corrected chi connectivity index (χ3v) is 10.2. The van der Waals surface area contributed by atoms with Gasteiger partial charge in [0.15, 0.2) is 0 Å². The summed E-state index contributed by atoms with van der Waals surface area (Å²) in [4.78, 5) is 0. The summed E-state index contributed by atoms with van der Waals surface area (Å²) >= 11 is 0. The number of methoxy groups -OCH3 is 2. The predicted octanol–water partition coefficient (Wildman–Crippen LogP) is 7.54. The molecule has 0 saturated heterocycles. The van der Waals surface area contributed by atoms with Crippen molar-refractivity contribution in [1.29, 1.82) is 0 Å². The lowest BCUT2D eigenvalue weighted by Gasteiger charge is -2.49. The van der Waals surface area contributed by atoms with Crippen LogP contribution in [-0.2, 0) is 71.0 Å². The van der Waals surface area contributed by atoms with Crippen LogP contribution >= 0.6 is 0 Å². The first-order chi connectivity index (χ1) is 27.3. The van der Waals surface area contributed by atoms with Gasteiger partial charge in [0, 0.05) is 5.92 Å². The molecule has 0 N–H and O–H groups in total. The van der Waals surface area contributed by atoms with E-state index in [0.29, 0.717) is 5.75 Å². The second kappa shape index (κ2) is 20.5. The molecule has 11 heteroatoms. The van der Waals surface area contributed by atoms with Crippen molar-refractivity contribution >= 4 is 10.1 Å². The maximum atomic E-state index is 13.2. The average molecular weight is 783 g/mol. The van der Waals surface area contributed by atoms with Gasteiger partial charge in [-0.15, -0.1) is 0 Å². The quantitative estimate of drug-likeness (QED) is 0.0736. The number of hydrogen-bond donors (Lipinski definition) is 0. The van der Waals surface area contributed by atoms with Gasteiger partial charge in [0.2, 0.25) is 0 Å². The maximum Gasteiger partial charge on any atom is 0.264 e. The van der Waals surface area contributed by atoms with Crippen LogP contribution in [0.25, 0.3) is 0 Å². The van der Waals surface area contributed by atoms with Gasteiger partial charge in [-0.25, -0.2) is 0 Å². The smallest absolute Gasteiger partial charge is 0.264 e. The molecule has 6 rings (SSSR count). The summed E-state index contributed by atoms with van der Waals surface area (Å²) in [5.41, 5.74) is 4.57. The molecule has 1 aliphatic rings. The van der Waals surface area contributed by atoms with Crippen LogP contribution in [0.2, 0.25) is 0 Å². The van der Waals surface area contributed by atoms with E-state index >= 15 is 0 Å². The largest absolute Gasteiger partial charge is 0.497 e. The zero-order valence-electron chi connectivity index (χ0n) is 32.0. The first-order valence-electron chi connectivity index (χ1n) is 18.6.